The number of para-hydroxylation sites is 1. The molecule has 2 atom stereocenters. The lowest BCUT2D eigenvalue weighted by Gasteiger charge is -2.37. The lowest BCUT2D eigenvalue weighted by atomic mass is 9.94. The molecule has 0 saturated carbocycles. The van der Waals surface area contributed by atoms with Gasteiger partial charge < -0.3 is 10.0 Å². The highest BCUT2D eigenvalue weighted by atomic mass is 19.1. The van der Waals surface area contributed by atoms with Crippen LogP contribution in [0.3, 0.4) is 0 Å². The zero-order valence-electron chi connectivity index (χ0n) is 13.3. The Bertz CT molecular complexity index is 727. The van der Waals surface area contributed by atoms with E-state index in [1.165, 1.54) is 18.3 Å². The molecule has 1 N–H and O–H groups in total. The van der Waals surface area contributed by atoms with Gasteiger partial charge in [-0.15, -0.1) is 0 Å². The molecule has 0 spiro atoms. The van der Waals surface area contributed by atoms with Crippen LogP contribution >= 0.6 is 0 Å². The van der Waals surface area contributed by atoms with Crippen LogP contribution in [0, 0.1) is 17.6 Å². The van der Waals surface area contributed by atoms with E-state index < -0.39 is 11.6 Å². The van der Waals surface area contributed by atoms with Crippen molar-refractivity contribution >= 4 is 5.91 Å². The third-order valence-corrected chi connectivity index (χ3v) is 4.47. The van der Waals surface area contributed by atoms with Crippen molar-refractivity contribution in [1.29, 1.82) is 0 Å². The number of aromatic nitrogens is 2. The van der Waals surface area contributed by atoms with Crippen molar-refractivity contribution in [3.63, 3.8) is 0 Å². The summed E-state index contributed by atoms with van der Waals surface area (Å²) in [6, 6.07) is 5.04. The Morgan fingerprint density at radius 2 is 2.00 bits per heavy atom. The molecule has 0 bridgehead atoms. The van der Waals surface area contributed by atoms with Crippen molar-refractivity contribution in [3.8, 4) is 5.69 Å². The molecule has 128 valence electrons. The molecular formula is C17H19F2N3O2. The van der Waals surface area contributed by atoms with Crippen molar-refractivity contribution < 1.29 is 18.7 Å². The maximum atomic E-state index is 13.8. The van der Waals surface area contributed by atoms with E-state index in [2.05, 4.69) is 5.10 Å². The van der Waals surface area contributed by atoms with Gasteiger partial charge in [0.25, 0.3) is 5.91 Å². The van der Waals surface area contributed by atoms with Gasteiger partial charge in [0.15, 0.2) is 17.3 Å². The fourth-order valence-corrected chi connectivity index (χ4v) is 3.03. The SMILES string of the molecule is CC1CCC(CO)CN1C(=O)c1ccn(-c2c(F)cccc2F)n1. The van der Waals surface area contributed by atoms with Crippen LogP contribution in [0.25, 0.3) is 5.69 Å². The number of likely N-dealkylation sites (tertiary alicyclic amines) is 1. The van der Waals surface area contributed by atoms with Crippen molar-refractivity contribution in [1.82, 2.24) is 14.7 Å². The third kappa shape index (κ3) is 3.03. The van der Waals surface area contributed by atoms with E-state index in [0.29, 0.717) is 6.54 Å². The summed E-state index contributed by atoms with van der Waals surface area (Å²) >= 11 is 0. The summed E-state index contributed by atoms with van der Waals surface area (Å²) < 4.78 is 28.7. The molecule has 1 saturated heterocycles. The summed E-state index contributed by atoms with van der Waals surface area (Å²) in [5.41, 5.74) is -0.181. The average Bonchev–Trinajstić information content (AvgIpc) is 3.04. The molecule has 5 nitrogen and oxygen atoms in total. The van der Waals surface area contributed by atoms with Crippen LogP contribution in [0.15, 0.2) is 30.5 Å². The quantitative estimate of drug-likeness (QED) is 0.937. The first-order valence-corrected chi connectivity index (χ1v) is 7.93. The number of rotatable bonds is 3. The fraction of sp³-hybridized carbons (Fsp3) is 0.412. The molecule has 2 unspecified atom stereocenters. The molecule has 1 aromatic carbocycles. The van der Waals surface area contributed by atoms with Crippen LogP contribution in [0.5, 0.6) is 0 Å². The fourth-order valence-electron chi connectivity index (χ4n) is 3.03. The van der Waals surface area contributed by atoms with Crippen molar-refractivity contribution in [2.45, 2.75) is 25.8 Å². The number of carbonyl (C=O) groups is 1. The summed E-state index contributed by atoms with van der Waals surface area (Å²) in [5.74, 6) is -1.74. The lowest BCUT2D eigenvalue weighted by molar-refractivity contribution is 0.0483. The Morgan fingerprint density at radius 3 is 2.67 bits per heavy atom. The van der Waals surface area contributed by atoms with E-state index in [9.17, 15) is 18.7 Å². The van der Waals surface area contributed by atoms with E-state index in [1.54, 1.807) is 4.90 Å². The number of aliphatic hydroxyl groups excluding tert-OH is 1. The van der Waals surface area contributed by atoms with Gasteiger partial charge in [0.1, 0.15) is 5.69 Å². The van der Waals surface area contributed by atoms with E-state index >= 15 is 0 Å². The molecular weight excluding hydrogens is 316 g/mol. The molecule has 0 radical (unpaired) electrons. The van der Waals surface area contributed by atoms with Crippen LogP contribution in [-0.2, 0) is 0 Å². The zero-order chi connectivity index (χ0) is 17.3. The van der Waals surface area contributed by atoms with Gasteiger partial charge in [-0.25, -0.2) is 13.5 Å². The number of hydrogen-bond donors (Lipinski definition) is 1. The Labute approximate surface area is 138 Å². The van der Waals surface area contributed by atoms with Gasteiger partial charge >= 0.3 is 0 Å². The maximum Gasteiger partial charge on any atom is 0.274 e. The molecule has 2 aromatic rings. The topological polar surface area (TPSA) is 58.4 Å². The van der Waals surface area contributed by atoms with Gasteiger partial charge in [0, 0.05) is 25.4 Å². The number of hydrogen-bond acceptors (Lipinski definition) is 3. The number of aliphatic hydroxyl groups is 1. The van der Waals surface area contributed by atoms with Crippen molar-refractivity contribution in [2.75, 3.05) is 13.2 Å². The minimum atomic E-state index is -0.746. The third-order valence-electron chi connectivity index (χ3n) is 4.47. The number of halogens is 2. The second kappa shape index (κ2) is 6.68. The van der Waals surface area contributed by atoms with Gasteiger partial charge in [-0.1, -0.05) is 6.07 Å². The molecule has 0 aliphatic carbocycles. The monoisotopic (exact) mass is 335 g/mol. The summed E-state index contributed by atoms with van der Waals surface area (Å²) in [5, 5.41) is 13.4. The summed E-state index contributed by atoms with van der Waals surface area (Å²) in [4.78, 5) is 14.3. The standard InChI is InChI=1S/C17H19F2N3O2/c1-11-5-6-12(10-23)9-21(11)17(24)15-7-8-22(20-15)16-13(18)3-2-4-14(16)19/h2-4,7-8,11-12,23H,5-6,9-10H2,1H3. The smallest absolute Gasteiger partial charge is 0.274 e. The predicted octanol–water partition coefficient (Wildman–Crippen LogP) is 2.38. The number of carbonyl (C=O) groups excluding carboxylic acids is 1. The van der Waals surface area contributed by atoms with Gasteiger partial charge in [-0.05, 0) is 43.9 Å². The molecule has 1 aromatic heterocycles. The summed E-state index contributed by atoms with van der Waals surface area (Å²) in [7, 11) is 0. The highest BCUT2D eigenvalue weighted by Crippen LogP contribution is 2.24. The highest BCUT2D eigenvalue weighted by molar-refractivity contribution is 5.92. The van der Waals surface area contributed by atoms with Crippen molar-refractivity contribution in [3.05, 3.63) is 47.8 Å². The molecule has 1 fully saturated rings. The molecule has 3 rings (SSSR count). The highest BCUT2D eigenvalue weighted by Gasteiger charge is 2.30. The summed E-state index contributed by atoms with van der Waals surface area (Å²) in [6.45, 7) is 2.43. The van der Waals surface area contributed by atoms with Crippen LogP contribution in [0.4, 0.5) is 8.78 Å². The molecule has 1 amide bonds. The van der Waals surface area contributed by atoms with Gasteiger partial charge in [0.2, 0.25) is 0 Å². The Morgan fingerprint density at radius 1 is 1.29 bits per heavy atom. The zero-order valence-corrected chi connectivity index (χ0v) is 13.3. The summed E-state index contributed by atoms with van der Waals surface area (Å²) in [6.07, 6.45) is 3.04. The lowest BCUT2D eigenvalue weighted by Crippen LogP contribution is -2.46. The predicted molar refractivity (Wildman–Crippen MR) is 83.8 cm³/mol. The minimum Gasteiger partial charge on any atom is -0.396 e. The Hall–Kier alpha value is -2.28. The Balaban J connectivity index is 1.86. The van der Waals surface area contributed by atoms with Gasteiger partial charge in [-0.3, -0.25) is 4.79 Å². The van der Waals surface area contributed by atoms with E-state index in [1.807, 2.05) is 6.92 Å². The minimum absolute atomic E-state index is 0.0331. The normalized spacial score (nSPS) is 21.1. The second-order valence-corrected chi connectivity index (χ2v) is 6.15. The molecule has 7 heteroatoms. The molecule has 1 aliphatic heterocycles. The van der Waals surface area contributed by atoms with Crippen LogP contribution in [0.2, 0.25) is 0 Å². The number of benzene rings is 1. The second-order valence-electron chi connectivity index (χ2n) is 6.15. The van der Waals surface area contributed by atoms with E-state index in [0.717, 1.165) is 29.7 Å². The number of piperidine rings is 1. The van der Waals surface area contributed by atoms with E-state index in [-0.39, 0.29) is 35.9 Å². The van der Waals surface area contributed by atoms with Crippen LogP contribution in [0.1, 0.15) is 30.3 Å². The molecule has 24 heavy (non-hydrogen) atoms. The maximum absolute atomic E-state index is 13.8. The molecule has 2 heterocycles. The number of nitrogens with zero attached hydrogens (tertiary/aromatic N) is 3. The first kappa shape index (κ1) is 16.6. The first-order valence-electron chi connectivity index (χ1n) is 7.93. The van der Waals surface area contributed by atoms with Gasteiger partial charge in [-0.2, -0.15) is 5.10 Å². The van der Waals surface area contributed by atoms with E-state index in [4.69, 9.17) is 0 Å². The molecule has 1 aliphatic rings. The van der Waals surface area contributed by atoms with Crippen molar-refractivity contribution in [2.24, 2.45) is 5.92 Å². The number of amides is 1. The van der Waals surface area contributed by atoms with Crippen LogP contribution < -0.4 is 0 Å². The van der Waals surface area contributed by atoms with Gasteiger partial charge in [0.05, 0.1) is 0 Å². The van der Waals surface area contributed by atoms with Crippen LogP contribution in [-0.4, -0.2) is 44.9 Å². The average molecular weight is 335 g/mol. The Kier molecular flexibility index (Phi) is 4.62. The largest absolute Gasteiger partial charge is 0.396 e. The first-order chi connectivity index (χ1) is 11.5.